The van der Waals surface area contributed by atoms with Crippen LogP contribution in [0.5, 0.6) is 0 Å². The highest BCUT2D eigenvalue weighted by molar-refractivity contribution is 5.38. The molecule has 2 rings (SSSR count). The molecule has 0 saturated carbocycles. The van der Waals surface area contributed by atoms with Crippen LogP contribution in [-0.4, -0.2) is 10.1 Å². The van der Waals surface area contributed by atoms with E-state index in [0.29, 0.717) is 5.92 Å². The van der Waals surface area contributed by atoms with Crippen LogP contribution in [0.25, 0.3) is 0 Å². The Morgan fingerprint density at radius 2 is 1.90 bits per heavy atom. The Kier molecular flexibility index (Phi) is 4.22. The van der Waals surface area contributed by atoms with E-state index in [1.807, 2.05) is 30.3 Å². The Hall–Kier alpha value is -2.11. The summed E-state index contributed by atoms with van der Waals surface area (Å²) in [5.41, 5.74) is 1.57. The SMILES string of the molecule is C#CCC(O)(c1ccc(C(C)C)cc1)c1cccnc1. The van der Waals surface area contributed by atoms with E-state index >= 15 is 0 Å². The molecule has 1 heterocycles. The van der Waals surface area contributed by atoms with E-state index in [0.717, 1.165) is 11.1 Å². The zero-order valence-electron chi connectivity index (χ0n) is 11.9. The first-order chi connectivity index (χ1) is 9.58. The molecule has 0 aliphatic heterocycles. The highest BCUT2D eigenvalue weighted by Crippen LogP contribution is 2.33. The summed E-state index contributed by atoms with van der Waals surface area (Å²) in [7, 11) is 0. The Bertz CT molecular complexity index is 596. The normalized spacial score (nSPS) is 13.8. The van der Waals surface area contributed by atoms with Crippen molar-refractivity contribution in [2.75, 3.05) is 0 Å². The number of aliphatic hydroxyl groups is 1. The Morgan fingerprint density at radius 3 is 2.40 bits per heavy atom. The lowest BCUT2D eigenvalue weighted by atomic mass is 9.84. The van der Waals surface area contributed by atoms with Crippen LogP contribution in [0.4, 0.5) is 0 Å². The van der Waals surface area contributed by atoms with Crippen molar-refractivity contribution in [1.29, 1.82) is 0 Å². The molecule has 0 amide bonds. The Morgan fingerprint density at radius 1 is 1.20 bits per heavy atom. The van der Waals surface area contributed by atoms with Gasteiger partial charge in [0.1, 0.15) is 5.60 Å². The fourth-order valence-electron chi connectivity index (χ4n) is 2.27. The molecule has 0 aliphatic carbocycles. The van der Waals surface area contributed by atoms with Gasteiger partial charge in [0.2, 0.25) is 0 Å². The average molecular weight is 265 g/mol. The minimum Gasteiger partial charge on any atom is -0.379 e. The number of terminal acetylenes is 1. The van der Waals surface area contributed by atoms with Gasteiger partial charge in [-0.2, -0.15) is 0 Å². The summed E-state index contributed by atoms with van der Waals surface area (Å²) in [5.74, 6) is 3.03. The van der Waals surface area contributed by atoms with Crippen LogP contribution < -0.4 is 0 Å². The van der Waals surface area contributed by atoms with E-state index in [4.69, 9.17) is 6.42 Å². The maximum absolute atomic E-state index is 11.0. The van der Waals surface area contributed by atoms with E-state index in [9.17, 15) is 5.11 Å². The van der Waals surface area contributed by atoms with Gasteiger partial charge < -0.3 is 5.11 Å². The summed E-state index contributed by atoms with van der Waals surface area (Å²) in [5, 5.41) is 11.0. The second-order valence-corrected chi connectivity index (χ2v) is 5.26. The third-order valence-electron chi connectivity index (χ3n) is 3.55. The van der Waals surface area contributed by atoms with Crippen LogP contribution in [0.2, 0.25) is 0 Å². The van der Waals surface area contributed by atoms with Gasteiger partial charge in [0.25, 0.3) is 0 Å². The quantitative estimate of drug-likeness (QED) is 0.859. The van der Waals surface area contributed by atoms with Crippen molar-refractivity contribution in [3.05, 3.63) is 65.5 Å². The molecule has 102 valence electrons. The largest absolute Gasteiger partial charge is 0.379 e. The molecule has 20 heavy (non-hydrogen) atoms. The fraction of sp³-hybridized carbons (Fsp3) is 0.278. The molecule has 2 aromatic rings. The molecule has 0 spiro atoms. The van der Waals surface area contributed by atoms with Crippen LogP contribution in [0.1, 0.15) is 42.9 Å². The molecule has 0 fully saturated rings. The molecule has 1 unspecified atom stereocenters. The minimum atomic E-state index is -1.18. The summed E-state index contributed by atoms with van der Waals surface area (Å²) < 4.78 is 0. The second-order valence-electron chi connectivity index (χ2n) is 5.26. The topological polar surface area (TPSA) is 33.1 Å². The molecule has 1 aromatic carbocycles. The lowest BCUT2D eigenvalue weighted by Crippen LogP contribution is -2.27. The number of hydrogen-bond donors (Lipinski definition) is 1. The van der Waals surface area contributed by atoms with Gasteiger partial charge >= 0.3 is 0 Å². The molecule has 0 bridgehead atoms. The summed E-state index contributed by atoms with van der Waals surface area (Å²) >= 11 is 0. The van der Waals surface area contributed by atoms with Crippen molar-refractivity contribution >= 4 is 0 Å². The standard InChI is InChI=1S/C18H19NO/c1-4-11-18(20,17-6-5-12-19-13-17)16-9-7-15(8-10-16)14(2)3/h1,5-10,12-14,20H,11H2,2-3H3. The highest BCUT2D eigenvalue weighted by atomic mass is 16.3. The van der Waals surface area contributed by atoms with Crippen LogP contribution in [0.15, 0.2) is 48.8 Å². The molecule has 0 aliphatic rings. The monoisotopic (exact) mass is 265 g/mol. The summed E-state index contributed by atoms with van der Waals surface area (Å²) in [6.45, 7) is 4.29. The minimum absolute atomic E-state index is 0.222. The van der Waals surface area contributed by atoms with Gasteiger partial charge in [-0.15, -0.1) is 12.3 Å². The van der Waals surface area contributed by atoms with Crippen molar-refractivity contribution in [3.63, 3.8) is 0 Å². The summed E-state index contributed by atoms with van der Waals surface area (Å²) in [6.07, 6.45) is 9.00. The lowest BCUT2D eigenvalue weighted by molar-refractivity contribution is 0.0861. The van der Waals surface area contributed by atoms with Crippen LogP contribution >= 0.6 is 0 Å². The van der Waals surface area contributed by atoms with Crippen molar-refractivity contribution in [2.24, 2.45) is 0 Å². The van der Waals surface area contributed by atoms with Gasteiger partial charge in [0, 0.05) is 24.4 Å². The predicted molar refractivity (Wildman–Crippen MR) is 81.2 cm³/mol. The van der Waals surface area contributed by atoms with Crippen molar-refractivity contribution in [1.82, 2.24) is 4.98 Å². The van der Waals surface area contributed by atoms with Crippen LogP contribution in [0, 0.1) is 12.3 Å². The number of nitrogens with zero attached hydrogens (tertiary/aromatic N) is 1. The first-order valence-electron chi connectivity index (χ1n) is 6.74. The highest BCUT2D eigenvalue weighted by Gasteiger charge is 2.30. The molecular weight excluding hydrogens is 246 g/mol. The third kappa shape index (κ3) is 2.74. The first-order valence-corrected chi connectivity index (χ1v) is 6.74. The third-order valence-corrected chi connectivity index (χ3v) is 3.55. The van der Waals surface area contributed by atoms with Gasteiger partial charge in [-0.25, -0.2) is 0 Å². The van der Waals surface area contributed by atoms with Gasteiger partial charge in [-0.3, -0.25) is 4.98 Å². The average Bonchev–Trinajstić information content (AvgIpc) is 2.48. The smallest absolute Gasteiger partial charge is 0.127 e. The molecular formula is C18H19NO. The van der Waals surface area contributed by atoms with E-state index in [2.05, 4.69) is 24.8 Å². The number of benzene rings is 1. The van der Waals surface area contributed by atoms with E-state index in [-0.39, 0.29) is 6.42 Å². The van der Waals surface area contributed by atoms with Crippen molar-refractivity contribution in [2.45, 2.75) is 31.8 Å². The van der Waals surface area contributed by atoms with Crippen LogP contribution in [0.3, 0.4) is 0 Å². The van der Waals surface area contributed by atoms with Gasteiger partial charge in [0.05, 0.1) is 0 Å². The summed E-state index contributed by atoms with van der Waals surface area (Å²) in [4.78, 5) is 4.08. The van der Waals surface area contributed by atoms with E-state index in [1.54, 1.807) is 18.5 Å². The van der Waals surface area contributed by atoms with E-state index < -0.39 is 5.60 Å². The van der Waals surface area contributed by atoms with Crippen LogP contribution in [-0.2, 0) is 5.60 Å². The number of rotatable bonds is 4. The van der Waals surface area contributed by atoms with Crippen molar-refractivity contribution < 1.29 is 5.11 Å². The maximum atomic E-state index is 11.0. The zero-order valence-corrected chi connectivity index (χ0v) is 11.9. The molecule has 0 saturated heterocycles. The molecule has 1 aromatic heterocycles. The predicted octanol–water partition coefficient (Wildman–Crippen LogP) is 3.46. The van der Waals surface area contributed by atoms with Crippen molar-refractivity contribution in [3.8, 4) is 12.3 Å². The molecule has 2 heteroatoms. The first kappa shape index (κ1) is 14.3. The maximum Gasteiger partial charge on any atom is 0.127 e. The van der Waals surface area contributed by atoms with Gasteiger partial charge in [-0.1, -0.05) is 44.2 Å². The van der Waals surface area contributed by atoms with E-state index in [1.165, 1.54) is 5.56 Å². The second kappa shape index (κ2) is 5.90. The molecule has 1 N–H and O–H groups in total. The molecule has 2 nitrogen and oxygen atoms in total. The number of hydrogen-bond acceptors (Lipinski definition) is 2. The Balaban J connectivity index is 2.46. The summed E-state index contributed by atoms with van der Waals surface area (Å²) in [6, 6.07) is 11.6. The fourth-order valence-corrected chi connectivity index (χ4v) is 2.27. The van der Waals surface area contributed by atoms with Gasteiger partial charge in [-0.05, 0) is 23.1 Å². The lowest BCUT2D eigenvalue weighted by Gasteiger charge is -2.27. The number of aromatic nitrogens is 1. The molecule has 0 radical (unpaired) electrons. The molecule has 1 atom stereocenters. The Labute approximate surface area is 120 Å². The van der Waals surface area contributed by atoms with Gasteiger partial charge in [0.15, 0.2) is 0 Å². The zero-order chi connectivity index (χ0) is 14.6. The number of pyridine rings is 1.